The first-order valence-corrected chi connectivity index (χ1v) is 9.14. The van der Waals surface area contributed by atoms with Crippen LogP contribution in [0.2, 0.25) is 0 Å². The molecule has 2 aromatic carbocycles. The molecule has 0 fully saturated rings. The molecule has 0 heterocycles. The second-order valence-corrected chi connectivity index (χ2v) is 5.79. The van der Waals surface area contributed by atoms with Crippen molar-refractivity contribution in [3.63, 3.8) is 0 Å². The lowest BCUT2D eigenvalue weighted by molar-refractivity contribution is -0.116. The SMILES string of the molecule is CCOc1ccc(CCNC(=O)/C=C/c2ccc(OC)cc2)cc1OCC. The van der Waals surface area contributed by atoms with Crippen LogP contribution in [0.5, 0.6) is 17.2 Å². The molecule has 1 N–H and O–H groups in total. The van der Waals surface area contributed by atoms with Gasteiger partial charge in [-0.2, -0.15) is 0 Å². The van der Waals surface area contributed by atoms with Crippen LogP contribution in [-0.2, 0) is 11.2 Å². The molecule has 0 aliphatic carbocycles. The van der Waals surface area contributed by atoms with Crippen molar-refractivity contribution in [2.24, 2.45) is 0 Å². The van der Waals surface area contributed by atoms with Crippen molar-refractivity contribution in [2.75, 3.05) is 26.9 Å². The summed E-state index contributed by atoms with van der Waals surface area (Å²) in [6.07, 6.45) is 4.03. The molecule has 0 aromatic heterocycles. The van der Waals surface area contributed by atoms with Gasteiger partial charge in [0.15, 0.2) is 11.5 Å². The fourth-order valence-corrected chi connectivity index (χ4v) is 2.53. The standard InChI is InChI=1S/C22H27NO4/c1-4-26-20-12-8-18(16-21(20)27-5-2)14-15-23-22(24)13-9-17-6-10-19(25-3)11-7-17/h6-13,16H,4-5,14-15H2,1-3H3,(H,23,24)/b13-9+. The second kappa shape index (κ2) is 10.9. The van der Waals surface area contributed by atoms with Gasteiger partial charge >= 0.3 is 0 Å². The Labute approximate surface area is 161 Å². The van der Waals surface area contributed by atoms with Crippen LogP contribution >= 0.6 is 0 Å². The van der Waals surface area contributed by atoms with Gasteiger partial charge in [-0.15, -0.1) is 0 Å². The van der Waals surface area contributed by atoms with Gasteiger partial charge in [-0.1, -0.05) is 18.2 Å². The number of rotatable bonds is 10. The fraction of sp³-hybridized carbons (Fsp3) is 0.318. The van der Waals surface area contributed by atoms with Crippen LogP contribution in [0.1, 0.15) is 25.0 Å². The van der Waals surface area contributed by atoms with Crippen molar-refractivity contribution < 1.29 is 19.0 Å². The summed E-state index contributed by atoms with van der Waals surface area (Å²) in [5.41, 5.74) is 2.03. The molecular weight excluding hydrogens is 342 g/mol. The van der Waals surface area contributed by atoms with Crippen LogP contribution in [0, 0.1) is 0 Å². The van der Waals surface area contributed by atoms with Crippen molar-refractivity contribution in [3.05, 3.63) is 59.7 Å². The van der Waals surface area contributed by atoms with Gasteiger partial charge in [0, 0.05) is 12.6 Å². The number of amides is 1. The molecule has 0 saturated heterocycles. The number of ether oxygens (including phenoxy) is 3. The Bertz CT molecular complexity index is 753. The molecule has 0 aliphatic heterocycles. The first-order valence-electron chi connectivity index (χ1n) is 9.14. The number of hydrogen-bond acceptors (Lipinski definition) is 4. The first-order chi connectivity index (χ1) is 13.2. The Morgan fingerprint density at radius 3 is 2.37 bits per heavy atom. The summed E-state index contributed by atoms with van der Waals surface area (Å²) in [5.74, 6) is 2.15. The average Bonchev–Trinajstić information content (AvgIpc) is 2.69. The molecule has 5 nitrogen and oxygen atoms in total. The van der Waals surface area contributed by atoms with Crippen molar-refractivity contribution >= 4 is 12.0 Å². The number of carbonyl (C=O) groups is 1. The van der Waals surface area contributed by atoms with Crippen LogP contribution in [0.15, 0.2) is 48.5 Å². The predicted molar refractivity (Wildman–Crippen MR) is 108 cm³/mol. The smallest absolute Gasteiger partial charge is 0.244 e. The van der Waals surface area contributed by atoms with E-state index in [1.807, 2.05) is 56.3 Å². The van der Waals surface area contributed by atoms with E-state index >= 15 is 0 Å². The van der Waals surface area contributed by atoms with E-state index in [0.29, 0.717) is 26.2 Å². The van der Waals surface area contributed by atoms with Crippen LogP contribution in [0.25, 0.3) is 6.08 Å². The molecule has 5 heteroatoms. The zero-order valence-electron chi connectivity index (χ0n) is 16.2. The summed E-state index contributed by atoms with van der Waals surface area (Å²) in [5, 5.41) is 2.89. The molecule has 0 bridgehead atoms. The van der Waals surface area contributed by atoms with Crippen LogP contribution in [-0.4, -0.2) is 32.8 Å². The van der Waals surface area contributed by atoms with Crippen LogP contribution < -0.4 is 19.5 Å². The van der Waals surface area contributed by atoms with E-state index in [2.05, 4.69) is 5.32 Å². The topological polar surface area (TPSA) is 56.8 Å². The lowest BCUT2D eigenvalue weighted by atomic mass is 10.1. The molecule has 144 valence electrons. The Morgan fingerprint density at radius 2 is 1.70 bits per heavy atom. The highest BCUT2D eigenvalue weighted by Crippen LogP contribution is 2.28. The summed E-state index contributed by atoms with van der Waals surface area (Å²) in [6, 6.07) is 13.4. The van der Waals surface area contributed by atoms with E-state index in [0.717, 1.165) is 28.4 Å². The van der Waals surface area contributed by atoms with E-state index < -0.39 is 0 Å². The second-order valence-electron chi connectivity index (χ2n) is 5.79. The minimum Gasteiger partial charge on any atom is -0.497 e. The van der Waals surface area contributed by atoms with Gasteiger partial charge in [-0.3, -0.25) is 4.79 Å². The first kappa shape index (κ1) is 20.4. The minimum absolute atomic E-state index is 0.123. The Balaban J connectivity index is 1.84. The Kier molecular flexibility index (Phi) is 8.23. The van der Waals surface area contributed by atoms with Gasteiger partial charge in [0.25, 0.3) is 0 Å². The van der Waals surface area contributed by atoms with Crippen LogP contribution in [0.3, 0.4) is 0 Å². The van der Waals surface area contributed by atoms with E-state index in [1.165, 1.54) is 6.08 Å². The van der Waals surface area contributed by atoms with Crippen molar-refractivity contribution in [3.8, 4) is 17.2 Å². The third-order valence-electron chi connectivity index (χ3n) is 3.86. The largest absolute Gasteiger partial charge is 0.497 e. The molecule has 2 aromatic rings. The summed E-state index contributed by atoms with van der Waals surface area (Å²) < 4.78 is 16.3. The maximum absolute atomic E-state index is 12.0. The molecule has 0 aliphatic rings. The average molecular weight is 369 g/mol. The van der Waals surface area contributed by atoms with E-state index in [9.17, 15) is 4.79 Å². The van der Waals surface area contributed by atoms with Crippen molar-refractivity contribution in [1.82, 2.24) is 5.32 Å². The molecule has 27 heavy (non-hydrogen) atoms. The lowest BCUT2D eigenvalue weighted by Gasteiger charge is -2.12. The fourth-order valence-electron chi connectivity index (χ4n) is 2.53. The Morgan fingerprint density at radius 1 is 1.00 bits per heavy atom. The zero-order valence-corrected chi connectivity index (χ0v) is 16.2. The number of hydrogen-bond donors (Lipinski definition) is 1. The molecular formula is C22H27NO4. The van der Waals surface area contributed by atoms with E-state index in [4.69, 9.17) is 14.2 Å². The van der Waals surface area contributed by atoms with Crippen molar-refractivity contribution in [1.29, 1.82) is 0 Å². The molecule has 0 atom stereocenters. The number of carbonyl (C=O) groups excluding carboxylic acids is 1. The van der Waals surface area contributed by atoms with Gasteiger partial charge in [-0.05, 0) is 61.7 Å². The van der Waals surface area contributed by atoms with Gasteiger partial charge in [0.2, 0.25) is 5.91 Å². The van der Waals surface area contributed by atoms with E-state index in [-0.39, 0.29) is 5.91 Å². The third kappa shape index (κ3) is 6.70. The highest BCUT2D eigenvalue weighted by molar-refractivity contribution is 5.91. The molecule has 0 unspecified atom stereocenters. The van der Waals surface area contributed by atoms with Gasteiger partial charge in [0.05, 0.1) is 20.3 Å². The number of benzene rings is 2. The van der Waals surface area contributed by atoms with E-state index in [1.54, 1.807) is 13.2 Å². The summed E-state index contributed by atoms with van der Waals surface area (Å²) >= 11 is 0. The predicted octanol–water partition coefficient (Wildman–Crippen LogP) is 3.86. The monoisotopic (exact) mass is 369 g/mol. The molecule has 0 spiro atoms. The normalized spacial score (nSPS) is 10.6. The molecule has 1 amide bonds. The number of methoxy groups -OCH3 is 1. The van der Waals surface area contributed by atoms with Crippen LogP contribution in [0.4, 0.5) is 0 Å². The van der Waals surface area contributed by atoms with Gasteiger partial charge in [-0.25, -0.2) is 0 Å². The highest BCUT2D eigenvalue weighted by atomic mass is 16.5. The highest BCUT2D eigenvalue weighted by Gasteiger charge is 2.06. The van der Waals surface area contributed by atoms with Gasteiger partial charge in [0.1, 0.15) is 5.75 Å². The number of nitrogens with one attached hydrogen (secondary N) is 1. The van der Waals surface area contributed by atoms with Gasteiger partial charge < -0.3 is 19.5 Å². The maximum Gasteiger partial charge on any atom is 0.244 e. The quantitative estimate of drug-likeness (QED) is 0.646. The molecule has 0 radical (unpaired) electrons. The van der Waals surface area contributed by atoms with Crippen molar-refractivity contribution in [2.45, 2.75) is 20.3 Å². The molecule has 2 rings (SSSR count). The lowest BCUT2D eigenvalue weighted by Crippen LogP contribution is -2.23. The zero-order chi connectivity index (χ0) is 19.5. The summed E-state index contributed by atoms with van der Waals surface area (Å²) in [7, 11) is 1.62. The maximum atomic E-state index is 12.0. The summed E-state index contributed by atoms with van der Waals surface area (Å²) in [6.45, 7) is 5.61. The molecule has 0 saturated carbocycles. The summed E-state index contributed by atoms with van der Waals surface area (Å²) in [4.78, 5) is 12.0. The third-order valence-corrected chi connectivity index (χ3v) is 3.86. The minimum atomic E-state index is -0.123. The Hall–Kier alpha value is -2.95.